The molecule has 18 heavy (non-hydrogen) atoms. The molecular formula is C12H16FNO4. The molecule has 0 aromatic heterocycles. The normalized spacial score (nSPS) is 12.0. The fourth-order valence-electron chi connectivity index (χ4n) is 1.71. The molecule has 0 spiro atoms. The average Bonchev–Trinajstić information content (AvgIpc) is 2.35. The van der Waals surface area contributed by atoms with Crippen LogP contribution in [-0.2, 0) is 4.79 Å². The summed E-state index contributed by atoms with van der Waals surface area (Å²) in [4.78, 5) is 10.5. The summed E-state index contributed by atoms with van der Waals surface area (Å²) in [5, 5.41) is 8.62. The number of carbonyl (C=O) groups is 1. The molecule has 0 heterocycles. The number of methoxy groups -OCH3 is 2. The fraction of sp³-hybridized carbons (Fsp3) is 0.417. The van der Waals surface area contributed by atoms with Crippen LogP contribution in [0.2, 0.25) is 0 Å². The number of carboxylic acid groups (broad SMARTS) is 1. The van der Waals surface area contributed by atoms with Crippen LogP contribution in [0, 0.1) is 5.82 Å². The number of nitrogens with two attached hydrogens (primary N) is 1. The van der Waals surface area contributed by atoms with E-state index in [1.165, 1.54) is 26.4 Å². The van der Waals surface area contributed by atoms with Gasteiger partial charge in [-0.3, -0.25) is 4.79 Å². The summed E-state index contributed by atoms with van der Waals surface area (Å²) in [5.41, 5.74) is 6.22. The van der Waals surface area contributed by atoms with E-state index >= 15 is 0 Å². The van der Waals surface area contributed by atoms with E-state index in [0.717, 1.165) is 0 Å². The van der Waals surface area contributed by atoms with Gasteiger partial charge < -0.3 is 20.3 Å². The van der Waals surface area contributed by atoms with Gasteiger partial charge in [-0.25, -0.2) is 4.39 Å². The van der Waals surface area contributed by atoms with Crippen LogP contribution in [0.3, 0.4) is 0 Å². The molecule has 1 aromatic carbocycles. The van der Waals surface area contributed by atoms with Gasteiger partial charge in [0.15, 0.2) is 11.6 Å². The average molecular weight is 257 g/mol. The van der Waals surface area contributed by atoms with Crippen LogP contribution in [-0.4, -0.2) is 25.3 Å². The molecule has 0 bridgehead atoms. The van der Waals surface area contributed by atoms with E-state index in [2.05, 4.69) is 0 Å². The highest BCUT2D eigenvalue weighted by atomic mass is 19.1. The third-order valence-corrected chi connectivity index (χ3v) is 2.57. The number of hydrogen-bond acceptors (Lipinski definition) is 4. The SMILES string of the molecule is COc1ccc(F)c(OC)c1C(N)CCC(=O)O. The van der Waals surface area contributed by atoms with E-state index in [4.69, 9.17) is 20.3 Å². The fourth-order valence-corrected chi connectivity index (χ4v) is 1.71. The molecule has 0 radical (unpaired) electrons. The molecule has 5 nitrogen and oxygen atoms in total. The predicted octanol–water partition coefficient (Wildman–Crippen LogP) is 1.71. The predicted molar refractivity (Wildman–Crippen MR) is 63.3 cm³/mol. The highest BCUT2D eigenvalue weighted by molar-refractivity contribution is 5.66. The Hall–Kier alpha value is -1.82. The van der Waals surface area contributed by atoms with Crippen molar-refractivity contribution in [1.82, 2.24) is 0 Å². The lowest BCUT2D eigenvalue weighted by Crippen LogP contribution is -2.15. The molecule has 1 aromatic rings. The van der Waals surface area contributed by atoms with Gasteiger partial charge >= 0.3 is 5.97 Å². The standard InChI is InChI=1S/C12H16FNO4/c1-17-9-5-3-7(13)12(18-2)11(9)8(14)4-6-10(15)16/h3,5,8H,4,6,14H2,1-2H3,(H,15,16). The molecule has 3 N–H and O–H groups in total. The van der Waals surface area contributed by atoms with Gasteiger partial charge in [0.25, 0.3) is 0 Å². The summed E-state index contributed by atoms with van der Waals surface area (Å²) in [6.45, 7) is 0. The lowest BCUT2D eigenvalue weighted by Gasteiger charge is -2.18. The topological polar surface area (TPSA) is 81.8 Å². The largest absolute Gasteiger partial charge is 0.496 e. The zero-order valence-electron chi connectivity index (χ0n) is 10.3. The van der Waals surface area contributed by atoms with Crippen molar-refractivity contribution in [2.24, 2.45) is 5.73 Å². The molecule has 0 aliphatic rings. The summed E-state index contributed by atoms with van der Waals surface area (Å²) in [5.74, 6) is -1.14. The molecule has 0 aliphatic carbocycles. The van der Waals surface area contributed by atoms with Crippen LogP contribution >= 0.6 is 0 Å². The van der Waals surface area contributed by atoms with Crippen molar-refractivity contribution in [2.75, 3.05) is 14.2 Å². The maximum Gasteiger partial charge on any atom is 0.303 e. The van der Waals surface area contributed by atoms with Gasteiger partial charge in [-0.1, -0.05) is 0 Å². The van der Waals surface area contributed by atoms with Gasteiger partial charge in [-0.2, -0.15) is 0 Å². The van der Waals surface area contributed by atoms with Crippen molar-refractivity contribution in [3.63, 3.8) is 0 Å². The molecule has 0 amide bonds. The smallest absolute Gasteiger partial charge is 0.303 e. The van der Waals surface area contributed by atoms with E-state index in [0.29, 0.717) is 11.3 Å². The van der Waals surface area contributed by atoms with Gasteiger partial charge in [0.2, 0.25) is 0 Å². The van der Waals surface area contributed by atoms with E-state index in [9.17, 15) is 9.18 Å². The number of ether oxygens (including phenoxy) is 2. The Labute approximate surface area is 104 Å². The minimum Gasteiger partial charge on any atom is -0.496 e. The Kier molecular flexibility index (Phi) is 4.91. The summed E-state index contributed by atoms with van der Waals surface area (Å²) < 4.78 is 23.6. The second-order valence-corrected chi connectivity index (χ2v) is 3.74. The first-order valence-electron chi connectivity index (χ1n) is 5.39. The Morgan fingerprint density at radius 2 is 2.11 bits per heavy atom. The third-order valence-electron chi connectivity index (χ3n) is 2.57. The lowest BCUT2D eigenvalue weighted by atomic mass is 10.0. The van der Waals surface area contributed by atoms with Crippen LogP contribution in [0.1, 0.15) is 24.4 Å². The molecule has 0 saturated heterocycles. The van der Waals surface area contributed by atoms with Gasteiger partial charge in [0.1, 0.15) is 5.75 Å². The molecule has 100 valence electrons. The summed E-state index contributed by atoms with van der Waals surface area (Å²) >= 11 is 0. The number of benzene rings is 1. The van der Waals surface area contributed by atoms with Crippen LogP contribution in [0.25, 0.3) is 0 Å². The molecule has 1 atom stereocenters. The van der Waals surface area contributed by atoms with Crippen LogP contribution in [0.5, 0.6) is 11.5 Å². The maximum atomic E-state index is 13.6. The van der Waals surface area contributed by atoms with Crippen molar-refractivity contribution in [2.45, 2.75) is 18.9 Å². The lowest BCUT2D eigenvalue weighted by molar-refractivity contribution is -0.137. The summed E-state index contributed by atoms with van der Waals surface area (Å²) in [6.07, 6.45) is 0.0650. The van der Waals surface area contributed by atoms with E-state index in [-0.39, 0.29) is 18.6 Å². The van der Waals surface area contributed by atoms with Crippen LogP contribution in [0.4, 0.5) is 4.39 Å². The van der Waals surface area contributed by atoms with Crippen molar-refractivity contribution in [1.29, 1.82) is 0 Å². The first-order valence-corrected chi connectivity index (χ1v) is 5.39. The van der Waals surface area contributed by atoms with Crippen molar-refractivity contribution >= 4 is 5.97 Å². The third kappa shape index (κ3) is 3.10. The van der Waals surface area contributed by atoms with Gasteiger partial charge in [-0.05, 0) is 18.6 Å². The first-order chi connectivity index (χ1) is 8.51. The Morgan fingerprint density at radius 3 is 2.61 bits per heavy atom. The number of halogens is 1. The summed E-state index contributed by atoms with van der Waals surface area (Å²) in [7, 11) is 2.76. The highest BCUT2D eigenvalue weighted by Crippen LogP contribution is 2.36. The second kappa shape index (κ2) is 6.20. The van der Waals surface area contributed by atoms with Gasteiger partial charge in [-0.15, -0.1) is 0 Å². The van der Waals surface area contributed by atoms with Crippen molar-refractivity contribution < 1.29 is 23.8 Å². The molecule has 0 fully saturated rings. The molecule has 0 saturated carbocycles. The number of rotatable bonds is 6. The van der Waals surface area contributed by atoms with Gasteiger partial charge in [0.05, 0.1) is 19.8 Å². The minimum atomic E-state index is -0.959. The van der Waals surface area contributed by atoms with E-state index in [1.54, 1.807) is 0 Å². The number of aliphatic carboxylic acids is 1. The van der Waals surface area contributed by atoms with Crippen molar-refractivity contribution in [3.05, 3.63) is 23.5 Å². The quantitative estimate of drug-likeness (QED) is 0.810. The zero-order chi connectivity index (χ0) is 13.7. The van der Waals surface area contributed by atoms with E-state index in [1.807, 2.05) is 0 Å². The van der Waals surface area contributed by atoms with E-state index < -0.39 is 17.8 Å². The maximum absolute atomic E-state index is 13.6. The first kappa shape index (κ1) is 14.2. The monoisotopic (exact) mass is 257 g/mol. The Balaban J connectivity index is 3.10. The Bertz CT molecular complexity index is 436. The molecular weight excluding hydrogens is 241 g/mol. The number of carboxylic acids is 1. The Morgan fingerprint density at radius 1 is 1.44 bits per heavy atom. The molecule has 0 aliphatic heterocycles. The second-order valence-electron chi connectivity index (χ2n) is 3.74. The van der Waals surface area contributed by atoms with Crippen LogP contribution in [0.15, 0.2) is 12.1 Å². The van der Waals surface area contributed by atoms with Crippen molar-refractivity contribution in [3.8, 4) is 11.5 Å². The van der Waals surface area contributed by atoms with Crippen LogP contribution < -0.4 is 15.2 Å². The van der Waals surface area contributed by atoms with Gasteiger partial charge in [0, 0.05) is 12.5 Å². The molecule has 1 unspecified atom stereocenters. The zero-order valence-corrected chi connectivity index (χ0v) is 10.3. The minimum absolute atomic E-state index is 0.00719. The highest BCUT2D eigenvalue weighted by Gasteiger charge is 2.21. The molecule has 6 heteroatoms. The summed E-state index contributed by atoms with van der Waals surface area (Å²) in [6, 6.07) is 1.99. The number of hydrogen-bond donors (Lipinski definition) is 2. The molecule has 1 rings (SSSR count).